The molecule has 4 rings (SSSR count). The highest BCUT2D eigenvalue weighted by Crippen LogP contribution is 2.23. The lowest BCUT2D eigenvalue weighted by Crippen LogP contribution is -2.39. The van der Waals surface area contributed by atoms with Gasteiger partial charge in [-0.3, -0.25) is 14.8 Å². The van der Waals surface area contributed by atoms with Gasteiger partial charge in [0.1, 0.15) is 11.3 Å². The number of hydrogen-bond donors (Lipinski definition) is 1. The van der Waals surface area contributed by atoms with Crippen molar-refractivity contribution < 1.29 is 9.18 Å². The maximum atomic E-state index is 13.8. The van der Waals surface area contributed by atoms with Crippen molar-refractivity contribution in [3.05, 3.63) is 35.9 Å². The Morgan fingerprint density at radius 1 is 1.18 bits per heavy atom. The standard InChI is InChI=1S/C16H17FN4O/c17-10-7-13(15-14(8-10)18-4-5-19-15)16(22)21-6-3-11-1-2-12(9-21)20-11/h4-5,7-8,11-12,20H,1-3,6,9H2. The molecule has 1 N–H and O–H groups in total. The van der Waals surface area contributed by atoms with Gasteiger partial charge in [-0.2, -0.15) is 0 Å². The molecule has 6 heteroatoms. The van der Waals surface area contributed by atoms with E-state index >= 15 is 0 Å². The van der Waals surface area contributed by atoms with E-state index in [-0.39, 0.29) is 5.91 Å². The zero-order valence-electron chi connectivity index (χ0n) is 12.1. The van der Waals surface area contributed by atoms with Crippen LogP contribution in [0.15, 0.2) is 24.5 Å². The number of carbonyl (C=O) groups excluding carboxylic acids is 1. The second-order valence-corrected chi connectivity index (χ2v) is 6.06. The third-order valence-corrected chi connectivity index (χ3v) is 4.58. The molecule has 1 aromatic carbocycles. The molecule has 5 nitrogen and oxygen atoms in total. The average Bonchev–Trinajstić information content (AvgIpc) is 2.85. The van der Waals surface area contributed by atoms with Gasteiger partial charge in [0.05, 0.1) is 11.1 Å². The Kier molecular flexibility index (Phi) is 3.26. The Labute approximate surface area is 127 Å². The molecule has 1 aromatic heterocycles. The molecule has 22 heavy (non-hydrogen) atoms. The van der Waals surface area contributed by atoms with E-state index in [1.807, 2.05) is 4.90 Å². The Balaban J connectivity index is 1.70. The summed E-state index contributed by atoms with van der Waals surface area (Å²) < 4.78 is 13.8. The van der Waals surface area contributed by atoms with Gasteiger partial charge in [0.2, 0.25) is 0 Å². The minimum atomic E-state index is -0.453. The second kappa shape index (κ2) is 5.28. The summed E-state index contributed by atoms with van der Waals surface area (Å²) >= 11 is 0. The van der Waals surface area contributed by atoms with E-state index in [0.717, 1.165) is 12.8 Å². The van der Waals surface area contributed by atoms with Gasteiger partial charge in [0.15, 0.2) is 0 Å². The molecule has 3 heterocycles. The summed E-state index contributed by atoms with van der Waals surface area (Å²) in [6, 6.07) is 3.44. The van der Waals surface area contributed by atoms with Crippen LogP contribution in [0.2, 0.25) is 0 Å². The first-order chi connectivity index (χ1) is 10.7. The fraction of sp³-hybridized carbons (Fsp3) is 0.438. The third-order valence-electron chi connectivity index (χ3n) is 4.58. The number of likely N-dealkylation sites (tertiary alicyclic amines) is 1. The molecule has 2 atom stereocenters. The van der Waals surface area contributed by atoms with Crippen LogP contribution < -0.4 is 5.32 Å². The Morgan fingerprint density at radius 3 is 2.91 bits per heavy atom. The number of benzene rings is 1. The molecule has 0 radical (unpaired) electrons. The number of hydrogen-bond acceptors (Lipinski definition) is 4. The van der Waals surface area contributed by atoms with Gasteiger partial charge < -0.3 is 10.2 Å². The minimum absolute atomic E-state index is 0.153. The van der Waals surface area contributed by atoms with Gasteiger partial charge in [-0.1, -0.05) is 0 Å². The molecule has 2 aromatic rings. The summed E-state index contributed by atoms with van der Waals surface area (Å²) in [5.74, 6) is -0.606. The van der Waals surface area contributed by atoms with Gasteiger partial charge in [-0.15, -0.1) is 0 Å². The summed E-state index contributed by atoms with van der Waals surface area (Å²) in [5.41, 5.74) is 1.19. The molecule has 1 amide bonds. The summed E-state index contributed by atoms with van der Waals surface area (Å²) in [5, 5.41) is 3.54. The molecular formula is C16H17FN4O. The van der Waals surface area contributed by atoms with E-state index < -0.39 is 5.82 Å². The van der Waals surface area contributed by atoms with Gasteiger partial charge in [-0.25, -0.2) is 4.39 Å². The molecule has 2 aliphatic rings. The van der Waals surface area contributed by atoms with Crippen molar-refractivity contribution in [2.24, 2.45) is 0 Å². The fourth-order valence-electron chi connectivity index (χ4n) is 3.50. The molecule has 0 saturated carbocycles. The van der Waals surface area contributed by atoms with Crippen molar-refractivity contribution in [3.63, 3.8) is 0 Å². The van der Waals surface area contributed by atoms with E-state index in [1.54, 1.807) is 0 Å². The lowest BCUT2D eigenvalue weighted by Gasteiger charge is -2.24. The summed E-state index contributed by atoms with van der Waals surface area (Å²) in [4.78, 5) is 23.0. The van der Waals surface area contributed by atoms with Crippen molar-refractivity contribution in [2.45, 2.75) is 31.3 Å². The first kappa shape index (κ1) is 13.6. The highest BCUT2D eigenvalue weighted by atomic mass is 19.1. The van der Waals surface area contributed by atoms with E-state index in [1.165, 1.54) is 30.9 Å². The van der Waals surface area contributed by atoms with Crippen LogP contribution in [0.1, 0.15) is 29.6 Å². The van der Waals surface area contributed by atoms with Gasteiger partial charge in [-0.05, 0) is 25.3 Å². The lowest BCUT2D eigenvalue weighted by molar-refractivity contribution is 0.0749. The molecule has 2 aliphatic heterocycles. The van der Waals surface area contributed by atoms with Crippen molar-refractivity contribution in [1.82, 2.24) is 20.2 Å². The van der Waals surface area contributed by atoms with Crippen molar-refractivity contribution in [3.8, 4) is 0 Å². The van der Waals surface area contributed by atoms with E-state index in [4.69, 9.17) is 0 Å². The minimum Gasteiger partial charge on any atom is -0.337 e. The van der Waals surface area contributed by atoms with Crippen molar-refractivity contribution in [1.29, 1.82) is 0 Å². The Bertz CT molecular complexity index is 735. The highest BCUT2D eigenvalue weighted by Gasteiger charge is 2.32. The molecule has 0 spiro atoms. The maximum Gasteiger partial charge on any atom is 0.256 e. The first-order valence-corrected chi connectivity index (χ1v) is 7.66. The molecule has 2 bridgehead atoms. The molecule has 2 unspecified atom stereocenters. The normalized spacial score (nSPS) is 24.5. The quantitative estimate of drug-likeness (QED) is 0.871. The van der Waals surface area contributed by atoms with Crippen LogP contribution in [0, 0.1) is 5.82 Å². The zero-order chi connectivity index (χ0) is 15.1. The topological polar surface area (TPSA) is 58.1 Å². The number of aromatic nitrogens is 2. The predicted molar refractivity (Wildman–Crippen MR) is 80.0 cm³/mol. The number of amides is 1. The van der Waals surface area contributed by atoms with E-state index in [0.29, 0.717) is 41.8 Å². The maximum absolute atomic E-state index is 13.8. The third kappa shape index (κ3) is 2.33. The average molecular weight is 300 g/mol. The first-order valence-electron chi connectivity index (χ1n) is 7.66. The van der Waals surface area contributed by atoms with Crippen LogP contribution in [0.5, 0.6) is 0 Å². The number of nitrogens with zero attached hydrogens (tertiary/aromatic N) is 3. The SMILES string of the molecule is O=C(c1cc(F)cc2nccnc12)N1CCC2CCC(C1)N2. The summed E-state index contributed by atoms with van der Waals surface area (Å²) in [6.07, 6.45) is 6.26. The van der Waals surface area contributed by atoms with Gasteiger partial charge in [0, 0.05) is 43.6 Å². The fourth-order valence-corrected chi connectivity index (χ4v) is 3.50. The second-order valence-electron chi connectivity index (χ2n) is 6.06. The number of carbonyl (C=O) groups is 1. The molecule has 2 saturated heterocycles. The number of halogens is 1. The van der Waals surface area contributed by atoms with Crippen LogP contribution in [0.25, 0.3) is 11.0 Å². The van der Waals surface area contributed by atoms with Crippen molar-refractivity contribution >= 4 is 16.9 Å². The van der Waals surface area contributed by atoms with Crippen LogP contribution >= 0.6 is 0 Å². The molecule has 2 fully saturated rings. The summed E-state index contributed by atoms with van der Waals surface area (Å²) in [7, 11) is 0. The van der Waals surface area contributed by atoms with Crippen LogP contribution in [0.4, 0.5) is 4.39 Å². The van der Waals surface area contributed by atoms with Crippen LogP contribution in [0.3, 0.4) is 0 Å². The smallest absolute Gasteiger partial charge is 0.256 e. The van der Waals surface area contributed by atoms with Crippen LogP contribution in [-0.4, -0.2) is 45.9 Å². The van der Waals surface area contributed by atoms with Gasteiger partial charge in [0.25, 0.3) is 5.91 Å². The zero-order valence-corrected chi connectivity index (χ0v) is 12.1. The molecule has 0 aliphatic carbocycles. The number of rotatable bonds is 1. The lowest BCUT2D eigenvalue weighted by atomic mass is 10.1. The largest absolute Gasteiger partial charge is 0.337 e. The molecule has 114 valence electrons. The number of fused-ring (bicyclic) bond motifs is 3. The van der Waals surface area contributed by atoms with E-state index in [9.17, 15) is 9.18 Å². The van der Waals surface area contributed by atoms with E-state index in [2.05, 4.69) is 15.3 Å². The Hall–Kier alpha value is -2.08. The van der Waals surface area contributed by atoms with Crippen molar-refractivity contribution in [2.75, 3.05) is 13.1 Å². The predicted octanol–water partition coefficient (Wildman–Crippen LogP) is 1.74. The monoisotopic (exact) mass is 300 g/mol. The summed E-state index contributed by atoms with van der Waals surface area (Å²) in [6.45, 7) is 1.37. The highest BCUT2D eigenvalue weighted by molar-refractivity contribution is 6.04. The van der Waals surface area contributed by atoms with Gasteiger partial charge >= 0.3 is 0 Å². The number of nitrogens with one attached hydrogen (secondary N) is 1. The Morgan fingerprint density at radius 2 is 2.00 bits per heavy atom. The van der Waals surface area contributed by atoms with Crippen LogP contribution in [-0.2, 0) is 0 Å². The molecular weight excluding hydrogens is 283 g/mol.